The van der Waals surface area contributed by atoms with Crippen molar-refractivity contribution in [2.24, 2.45) is 0 Å². The van der Waals surface area contributed by atoms with Gasteiger partial charge in [0.1, 0.15) is 17.4 Å². The summed E-state index contributed by atoms with van der Waals surface area (Å²) in [5.41, 5.74) is 0.656. The van der Waals surface area contributed by atoms with Crippen molar-refractivity contribution < 1.29 is 19.2 Å². The Bertz CT molecular complexity index is 1260. The zero-order chi connectivity index (χ0) is 23.1. The molecule has 0 saturated heterocycles. The van der Waals surface area contributed by atoms with Crippen molar-refractivity contribution in [2.45, 2.75) is 0 Å². The number of carbonyl (C=O) groups is 2. The Labute approximate surface area is 187 Å². The van der Waals surface area contributed by atoms with Gasteiger partial charge in [-0.2, -0.15) is 5.26 Å². The summed E-state index contributed by atoms with van der Waals surface area (Å²) in [6, 6.07) is 19.6. The van der Waals surface area contributed by atoms with Crippen molar-refractivity contribution in [3.63, 3.8) is 0 Å². The Morgan fingerprint density at radius 2 is 1.78 bits per heavy atom. The number of nitriles is 1. The smallest absolute Gasteiger partial charge is 0.343 e. The third-order valence-electron chi connectivity index (χ3n) is 4.14. The van der Waals surface area contributed by atoms with Gasteiger partial charge in [0.25, 0.3) is 11.6 Å². The van der Waals surface area contributed by atoms with E-state index in [0.29, 0.717) is 16.3 Å². The topological polar surface area (TPSA) is 122 Å². The number of non-ortho nitro benzene ring substituents is 1. The van der Waals surface area contributed by atoms with Gasteiger partial charge in [0.05, 0.1) is 10.5 Å². The summed E-state index contributed by atoms with van der Waals surface area (Å²) in [5.74, 6) is -1.16. The normalized spacial score (nSPS) is 10.7. The summed E-state index contributed by atoms with van der Waals surface area (Å²) in [5, 5.41) is 23.2. The molecule has 0 saturated carbocycles. The first-order valence-corrected chi connectivity index (χ1v) is 9.49. The SMILES string of the molecule is N#C/C(=C\c1ccc(OC(=O)c2cccc([N+](=O)[O-])c2)cc1)C(=O)Nc1cccc(Cl)c1. The van der Waals surface area contributed by atoms with Crippen LogP contribution in [0.4, 0.5) is 11.4 Å². The van der Waals surface area contributed by atoms with E-state index in [0.717, 1.165) is 6.07 Å². The molecule has 158 valence electrons. The number of halogens is 1. The van der Waals surface area contributed by atoms with Gasteiger partial charge in [-0.15, -0.1) is 0 Å². The van der Waals surface area contributed by atoms with E-state index in [-0.39, 0.29) is 22.6 Å². The molecule has 8 nitrogen and oxygen atoms in total. The van der Waals surface area contributed by atoms with Crippen LogP contribution in [0.15, 0.2) is 78.4 Å². The van der Waals surface area contributed by atoms with Crippen molar-refractivity contribution in [3.05, 3.63) is 105 Å². The third-order valence-corrected chi connectivity index (χ3v) is 4.38. The van der Waals surface area contributed by atoms with Crippen LogP contribution >= 0.6 is 11.6 Å². The maximum Gasteiger partial charge on any atom is 0.343 e. The molecule has 32 heavy (non-hydrogen) atoms. The predicted octanol–water partition coefficient (Wildman–Crippen LogP) is 5.01. The summed E-state index contributed by atoms with van der Waals surface area (Å²) >= 11 is 5.89. The minimum Gasteiger partial charge on any atom is -0.423 e. The highest BCUT2D eigenvalue weighted by molar-refractivity contribution is 6.31. The standard InChI is InChI=1S/C23H14ClN3O5/c24-18-4-2-5-19(13-18)26-22(28)17(14-25)11-15-7-9-21(10-8-15)32-23(29)16-3-1-6-20(12-16)27(30)31/h1-13H,(H,26,28)/b17-11+. The lowest BCUT2D eigenvalue weighted by atomic mass is 10.1. The fraction of sp³-hybridized carbons (Fsp3) is 0. The molecule has 0 fully saturated rings. The zero-order valence-corrected chi connectivity index (χ0v) is 17.1. The van der Waals surface area contributed by atoms with Gasteiger partial charge in [-0.3, -0.25) is 14.9 Å². The summed E-state index contributed by atoms with van der Waals surface area (Å²) in [6.45, 7) is 0. The quantitative estimate of drug-likeness (QED) is 0.141. The van der Waals surface area contributed by atoms with E-state index in [1.165, 1.54) is 36.4 Å². The molecule has 0 unspecified atom stereocenters. The second kappa shape index (κ2) is 10.0. The maximum atomic E-state index is 12.3. The summed E-state index contributed by atoms with van der Waals surface area (Å²) in [7, 11) is 0. The second-order valence-electron chi connectivity index (χ2n) is 6.40. The Hall–Kier alpha value is -4.48. The average molecular weight is 448 g/mol. The molecule has 0 atom stereocenters. The molecule has 1 N–H and O–H groups in total. The Kier molecular flexibility index (Phi) is 6.95. The number of rotatable bonds is 6. The van der Waals surface area contributed by atoms with Crippen LogP contribution in [0.5, 0.6) is 5.75 Å². The number of hydrogen-bond acceptors (Lipinski definition) is 6. The molecule has 3 aromatic carbocycles. The number of nitro groups is 1. The van der Waals surface area contributed by atoms with E-state index >= 15 is 0 Å². The molecule has 0 aromatic heterocycles. The number of amides is 1. The van der Waals surface area contributed by atoms with E-state index in [2.05, 4.69) is 5.32 Å². The first kappa shape index (κ1) is 22.2. The number of ether oxygens (including phenoxy) is 1. The van der Waals surface area contributed by atoms with Crippen molar-refractivity contribution in [1.29, 1.82) is 5.26 Å². The van der Waals surface area contributed by atoms with E-state index in [1.54, 1.807) is 36.4 Å². The molecule has 0 heterocycles. The van der Waals surface area contributed by atoms with Gasteiger partial charge >= 0.3 is 5.97 Å². The Morgan fingerprint density at radius 3 is 2.44 bits per heavy atom. The highest BCUT2D eigenvalue weighted by Crippen LogP contribution is 2.19. The lowest BCUT2D eigenvalue weighted by molar-refractivity contribution is -0.384. The summed E-state index contributed by atoms with van der Waals surface area (Å²) in [6.07, 6.45) is 1.38. The number of carbonyl (C=O) groups excluding carboxylic acids is 2. The fourth-order valence-electron chi connectivity index (χ4n) is 2.62. The van der Waals surface area contributed by atoms with Crippen LogP contribution in [0.2, 0.25) is 5.02 Å². The van der Waals surface area contributed by atoms with Crippen LogP contribution in [0.1, 0.15) is 15.9 Å². The molecular formula is C23H14ClN3O5. The van der Waals surface area contributed by atoms with Crippen LogP contribution < -0.4 is 10.1 Å². The molecule has 9 heteroatoms. The first-order valence-electron chi connectivity index (χ1n) is 9.11. The predicted molar refractivity (Wildman–Crippen MR) is 118 cm³/mol. The molecule has 0 aliphatic rings. The summed E-state index contributed by atoms with van der Waals surface area (Å²) in [4.78, 5) is 34.8. The second-order valence-corrected chi connectivity index (χ2v) is 6.84. The van der Waals surface area contributed by atoms with Crippen molar-refractivity contribution in [1.82, 2.24) is 0 Å². The average Bonchev–Trinajstić information content (AvgIpc) is 2.78. The highest BCUT2D eigenvalue weighted by Gasteiger charge is 2.14. The number of anilines is 1. The molecule has 0 spiro atoms. The molecule has 0 aliphatic carbocycles. The van der Waals surface area contributed by atoms with Gasteiger partial charge in [-0.25, -0.2) is 4.79 Å². The van der Waals surface area contributed by atoms with Crippen LogP contribution in [0.3, 0.4) is 0 Å². The Balaban J connectivity index is 1.70. The molecule has 1 amide bonds. The van der Waals surface area contributed by atoms with Gasteiger partial charge in [-0.1, -0.05) is 35.9 Å². The van der Waals surface area contributed by atoms with Crippen LogP contribution in [-0.4, -0.2) is 16.8 Å². The number of hydrogen-bond donors (Lipinski definition) is 1. The first-order chi connectivity index (χ1) is 15.4. The fourth-order valence-corrected chi connectivity index (χ4v) is 2.81. The lowest BCUT2D eigenvalue weighted by Crippen LogP contribution is -2.13. The van der Waals surface area contributed by atoms with Gasteiger partial charge < -0.3 is 10.1 Å². The van der Waals surface area contributed by atoms with Gasteiger partial charge in [0.15, 0.2) is 0 Å². The maximum absolute atomic E-state index is 12.3. The van der Waals surface area contributed by atoms with Crippen LogP contribution in [0.25, 0.3) is 6.08 Å². The number of benzene rings is 3. The molecule has 3 rings (SSSR count). The molecule has 0 bridgehead atoms. The van der Waals surface area contributed by atoms with Crippen LogP contribution in [-0.2, 0) is 4.79 Å². The highest BCUT2D eigenvalue weighted by atomic mass is 35.5. The van der Waals surface area contributed by atoms with Crippen molar-refractivity contribution in [3.8, 4) is 11.8 Å². The van der Waals surface area contributed by atoms with Gasteiger partial charge in [-0.05, 0) is 48.0 Å². The number of nitrogens with one attached hydrogen (secondary N) is 1. The molecular weight excluding hydrogens is 434 g/mol. The zero-order valence-electron chi connectivity index (χ0n) is 16.3. The van der Waals surface area contributed by atoms with E-state index < -0.39 is 16.8 Å². The number of nitro benzene ring substituents is 1. The van der Waals surface area contributed by atoms with Crippen molar-refractivity contribution in [2.75, 3.05) is 5.32 Å². The Morgan fingerprint density at radius 1 is 1.06 bits per heavy atom. The lowest BCUT2D eigenvalue weighted by Gasteiger charge is -2.06. The van der Waals surface area contributed by atoms with Crippen LogP contribution in [0, 0.1) is 21.4 Å². The monoisotopic (exact) mass is 447 g/mol. The molecule has 0 aliphatic heterocycles. The largest absolute Gasteiger partial charge is 0.423 e. The number of nitrogens with zero attached hydrogens (tertiary/aromatic N) is 2. The van der Waals surface area contributed by atoms with E-state index in [1.807, 2.05) is 6.07 Å². The van der Waals surface area contributed by atoms with Gasteiger partial charge in [0.2, 0.25) is 0 Å². The van der Waals surface area contributed by atoms with E-state index in [9.17, 15) is 25.0 Å². The minimum absolute atomic E-state index is 0.0348. The van der Waals surface area contributed by atoms with Crippen molar-refractivity contribution >= 4 is 40.9 Å². The number of esters is 1. The molecule has 0 radical (unpaired) electrons. The van der Waals surface area contributed by atoms with E-state index in [4.69, 9.17) is 16.3 Å². The van der Waals surface area contributed by atoms with Gasteiger partial charge in [0, 0.05) is 22.8 Å². The minimum atomic E-state index is -0.754. The third kappa shape index (κ3) is 5.78. The summed E-state index contributed by atoms with van der Waals surface area (Å²) < 4.78 is 5.22. The molecule has 3 aromatic rings.